The van der Waals surface area contributed by atoms with E-state index in [-0.39, 0.29) is 0 Å². The second-order valence-corrected chi connectivity index (χ2v) is 9.69. The highest BCUT2D eigenvalue weighted by Gasteiger charge is 2.28. The van der Waals surface area contributed by atoms with E-state index < -0.39 is 0 Å². The van der Waals surface area contributed by atoms with Gasteiger partial charge in [0.15, 0.2) is 0 Å². The lowest BCUT2D eigenvalue weighted by Gasteiger charge is -2.11. The second-order valence-electron chi connectivity index (χ2n) is 9.69. The van der Waals surface area contributed by atoms with E-state index in [9.17, 15) is 0 Å². The van der Waals surface area contributed by atoms with E-state index in [1.165, 1.54) is 22.3 Å². The molecule has 176 valence electrons. The molecule has 2 heterocycles. The van der Waals surface area contributed by atoms with Crippen molar-refractivity contribution < 1.29 is 0 Å². The van der Waals surface area contributed by atoms with Gasteiger partial charge in [-0.2, -0.15) is 0 Å². The molecule has 0 saturated carbocycles. The largest absolute Gasteiger partial charge is 0.353 e. The zero-order valence-electron chi connectivity index (χ0n) is 21.0. The first kappa shape index (κ1) is 22.1. The van der Waals surface area contributed by atoms with E-state index in [1.807, 2.05) is 0 Å². The summed E-state index contributed by atoms with van der Waals surface area (Å²) in [4.78, 5) is 13.9. The van der Waals surface area contributed by atoms with Crippen molar-refractivity contribution in [2.45, 2.75) is 27.7 Å². The fourth-order valence-corrected chi connectivity index (χ4v) is 4.67. The molecule has 1 aliphatic rings. The molecule has 0 fully saturated rings. The summed E-state index contributed by atoms with van der Waals surface area (Å²) in [6.07, 6.45) is 0. The van der Waals surface area contributed by atoms with Crippen LogP contribution >= 0.6 is 0 Å². The van der Waals surface area contributed by atoms with Gasteiger partial charge in [-0.05, 0) is 76.2 Å². The quantitative estimate of drug-likeness (QED) is 0.273. The van der Waals surface area contributed by atoms with E-state index in [0.29, 0.717) is 0 Å². The lowest BCUT2D eigenvalue weighted by Crippen LogP contribution is -2.14. The lowest BCUT2D eigenvalue weighted by atomic mass is 10.0. The molecular formula is C32H28N4. The number of anilines is 2. The minimum atomic E-state index is 0.847. The average Bonchev–Trinajstić information content (AvgIpc) is 3.39. The van der Waals surface area contributed by atoms with Crippen molar-refractivity contribution in [3.63, 3.8) is 0 Å². The Morgan fingerprint density at radius 2 is 1.33 bits per heavy atom. The number of aromatic amines is 1. The Kier molecular flexibility index (Phi) is 5.30. The van der Waals surface area contributed by atoms with Crippen molar-refractivity contribution in [2.75, 3.05) is 5.32 Å². The smallest absolute Gasteiger partial charge is 0.116 e. The highest BCUT2D eigenvalue weighted by Crippen LogP contribution is 2.37. The maximum absolute atomic E-state index is 5.13. The zero-order valence-corrected chi connectivity index (χ0v) is 21.0. The van der Waals surface area contributed by atoms with Crippen molar-refractivity contribution in [1.82, 2.24) is 4.98 Å². The van der Waals surface area contributed by atoms with Gasteiger partial charge in [-0.25, -0.2) is 9.98 Å². The Bertz CT molecular complexity index is 1670. The number of rotatable bonds is 4. The van der Waals surface area contributed by atoms with Gasteiger partial charge in [0.2, 0.25) is 0 Å². The molecule has 4 aromatic carbocycles. The van der Waals surface area contributed by atoms with Crippen LogP contribution in [-0.4, -0.2) is 16.4 Å². The predicted molar refractivity (Wildman–Crippen MR) is 152 cm³/mol. The number of hydrogen-bond acceptors (Lipinski definition) is 3. The fourth-order valence-electron chi connectivity index (χ4n) is 4.67. The Balaban J connectivity index is 1.56. The van der Waals surface area contributed by atoms with Gasteiger partial charge in [0.05, 0.1) is 22.8 Å². The van der Waals surface area contributed by atoms with E-state index in [4.69, 9.17) is 9.98 Å². The fraction of sp³-hybridized carbons (Fsp3) is 0.125. The van der Waals surface area contributed by atoms with Crippen LogP contribution in [0.25, 0.3) is 10.9 Å². The van der Waals surface area contributed by atoms with Crippen LogP contribution in [0.3, 0.4) is 0 Å². The molecule has 0 spiro atoms. The molecule has 0 atom stereocenters. The highest BCUT2D eigenvalue weighted by molar-refractivity contribution is 6.58. The van der Waals surface area contributed by atoms with Crippen LogP contribution in [0.1, 0.15) is 33.5 Å². The third kappa shape index (κ3) is 4.01. The molecular weight excluding hydrogens is 440 g/mol. The Hall–Kier alpha value is -4.44. The summed E-state index contributed by atoms with van der Waals surface area (Å²) in [5.41, 5.74) is 13.5. The number of hydrogen-bond donors (Lipinski definition) is 2. The van der Waals surface area contributed by atoms with Crippen molar-refractivity contribution >= 4 is 45.1 Å². The number of H-pyrrole nitrogens is 1. The Morgan fingerprint density at radius 3 is 2.08 bits per heavy atom. The van der Waals surface area contributed by atoms with Gasteiger partial charge in [0, 0.05) is 22.2 Å². The first-order chi connectivity index (χ1) is 17.4. The average molecular weight is 469 g/mol. The molecule has 2 N–H and O–H groups in total. The minimum absolute atomic E-state index is 0.847. The summed E-state index contributed by atoms with van der Waals surface area (Å²) in [7, 11) is 0. The monoisotopic (exact) mass is 468 g/mol. The molecule has 4 heteroatoms. The van der Waals surface area contributed by atoms with Gasteiger partial charge < -0.3 is 10.3 Å². The Labute approximate surface area is 211 Å². The Morgan fingerprint density at radius 1 is 0.694 bits per heavy atom. The molecule has 0 unspecified atom stereocenters. The molecule has 36 heavy (non-hydrogen) atoms. The maximum atomic E-state index is 5.13. The number of nitrogens with zero attached hydrogens (tertiary/aromatic N) is 2. The lowest BCUT2D eigenvalue weighted by molar-refractivity contribution is 1.40. The van der Waals surface area contributed by atoms with Gasteiger partial charge >= 0.3 is 0 Å². The molecule has 0 saturated heterocycles. The van der Waals surface area contributed by atoms with Crippen LogP contribution in [0.15, 0.2) is 94.9 Å². The van der Waals surface area contributed by atoms with Gasteiger partial charge in [-0.3, -0.25) is 0 Å². The van der Waals surface area contributed by atoms with Gasteiger partial charge in [-0.1, -0.05) is 58.7 Å². The SMILES string of the molecule is Cc1ccc(N=C2C(c3[nH]c4ccc(C)cc4c3Nc3ccc(C)cc3)=Nc3ccc(C)cc32)cc1. The number of fused-ring (bicyclic) bond motifs is 2. The molecule has 1 aliphatic heterocycles. The van der Waals surface area contributed by atoms with E-state index in [1.54, 1.807) is 0 Å². The number of aromatic nitrogens is 1. The van der Waals surface area contributed by atoms with E-state index >= 15 is 0 Å². The molecule has 1 aromatic heterocycles. The minimum Gasteiger partial charge on any atom is -0.353 e. The number of benzene rings is 4. The summed E-state index contributed by atoms with van der Waals surface area (Å²) < 4.78 is 0. The van der Waals surface area contributed by atoms with Crippen molar-refractivity contribution in [3.05, 3.63) is 118 Å². The first-order valence-corrected chi connectivity index (χ1v) is 12.3. The molecule has 5 aromatic rings. The summed E-state index contributed by atoms with van der Waals surface area (Å²) in [5.74, 6) is 0. The van der Waals surface area contributed by atoms with Gasteiger partial charge in [0.1, 0.15) is 11.4 Å². The van der Waals surface area contributed by atoms with Crippen LogP contribution in [0.4, 0.5) is 22.7 Å². The molecule has 6 rings (SSSR count). The summed E-state index contributed by atoms with van der Waals surface area (Å²) in [6.45, 7) is 8.42. The van der Waals surface area contributed by atoms with Crippen molar-refractivity contribution in [1.29, 1.82) is 0 Å². The predicted octanol–water partition coefficient (Wildman–Crippen LogP) is 8.40. The summed E-state index contributed by atoms with van der Waals surface area (Å²) in [5, 5.41) is 4.82. The van der Waals surface area contributed by atoms with Crippen LogP contribution in [-0.2, 0) is 0 Å². The number of nitrogens with one attached hydrogen (secondary N) is 2. The van der Waals surface area contributed by atoms with Crippen molar-refractivity contribution in [2.24, 2.45) is 9.98 Å². The molecule has 0 bridgehead atoms. The van der Waals surface area contributed by atoms with Gasteiger partial charge in [-0.15, -0.1) is 0 Å². The summed E-state index contributed by atoms with van der Waals surface area (Å²) >= 11 is 0. The topological polar surface area (TPSA) is 52.5 Å². The van der Waals surface area contributed by atoms with Crippen LogP contribution < -0.4 is 5.32 Å². The highest BCUT2D eigenvalue weighted by atomic mass is 15.0. The number of aryl methyl sites for hydroxylation is 4. The maximum Gasteiger partial charge on any atom is 0.116 e. The normalized spacial score (nSPS) is 13.8. The zero-order chi connectivity index (χ0) is 24.8. The van der Waals surface area contributed by atoms with Crippen LogP contribution in [0.2, 0.25) is 0 Å². The number of aliphatic imine (C=N–C) groups is 2. The molecule has 4 nitrogen and oxygen atoms in total. The van der Waals surface area contributed by atoms with E-state index in [0.717, 1.165) is 56.3 Å². The van der Waals surface area contributed by atoms with Crippen LogP contribution in [0.5, 0.6) is 0 Å². The second kappa shape index (κ2) is 8.65. The first-order valence-electron chi connectivity index (χ1n) is 12.3. The standard InChI is InChI=1S/C32H28N4/c1-19-5-11-23(12-6-19)33-29-25-17-21(3)9-15-27(25)35-31(29)32-30(34-24-13-7-20(2)8-14-24)26-18-22(4)10-16-28(26)36-32/h5-18,33,35H,1-4H3. The third-order valence-corrected chi connectivity index (χ3v) is 6.65. The van der Waals surface area contributed by atoms with E-state index in [2.05, 4.69) is 123 Å². The molecule has 0 radical (unpaired) electrons. The third-order valence-electron chi connectivity index (χ3n) is 6.65. The van der Waals surface area contributed by atoms with Crippen LogP contribution in [0, 0.1) is 27.7 Å². The molecule has 0 amide bonds. The molecule has 0 aliphatic carbocycles. The summed E-state index contributed by atoms with van der Waals surface area (Å²) in [6, 6.07) is 29.7. The van der Waals surface area contributed by atoms with Crippen molar-refractivity contribution in [3.8, 4) is 0 Å². The van der Waals surface area contributed by atoms with Gasteiger partial charge in [0.25, 0.3) is 0 Å².